The second kappa shape index (κ2) is 5.78. The molecular formula is C12H22N4S. The maximum atomic E-state index is 5.33. The number of H-pyrrole nitrogens is 1. The van der Waals surface area contributed by atoms with Crippen LogP contribution < -0.4 is 0 Å². The summed E-state index contributed by atoms with van der Waals surface area (Å²) in [4.78, 5) is 2.55. The van der Waals surface area contributed by atoms with E-state index in [0.29, 0.717) is 6.04 Å². The standard InChI is InChI=1S/C12H22N4S/c1-3-7-15-8-5-10(6-9-15)16-11(4-2)13-14-12(16)17/h10H,3-9H2,1-2H3,(H,14,17). The van der Waals surface area contributed by atoms with Gasteiger partial charge in [0.1, 0.15) is 5.82 Å². The fraction of sp³-hybridized carbons (Fsp3) is 0.833. The monoisotopic (exact) mass is 254 g/mol. The number of aromatic nitrogens is 3. The van der Waals surface area contributed by atoms with Crippen molar-refractivity contribution in [3.63, 3.8) is 0 Å². The van der Waals surface area contributed by atoms with Crippen molar-refractivity contribution in [2.24, 2.45) is 0 Å². The van der Waals surface area contributed by atoms with Crippen LogP contribution in [0.2, 0.25) is 0 Å². The van der Waals surface area contributed by atoms with Crippen LogP contribution in [0.25, 0.3) is 0 Å². The fourth-order valence-corrected chi connectivity index (χ4v) is 2.98. The average Bonchev–Trinajstić information content (AvgIpc) is 2.72. The van der Waals surface area contributed by atoms with Gasteiger partial charge in [0.25, 0.3) is 0 Å². The number of aryl methyl sites for hydroxylation is 1. The van der Waals surface area contributed by atoms with Gasteiger partial charge in [-0.15, -0.1) is 0 Å². The van der Waals surface area contributed by atoms with E-state index >= 15 is 0 Å². The molecule has 5 heteroatoms. The first-order chi connectivity index (χ1) is 8.26. The Morgan fingerprint density at radius 3 is 2.65 bits per heavy atom. The summed E-state index contributed by atoms with van der Waals surface area (Å²) in [6, 6.07) is 0.546. The van der Waals surface area contributed by atoms with E-state index in [-0.39, 0.29) is 0 Å². The van der Waals surface area contributed by atoms with Crippen LogP contribution in [0, 0.1) is 4.77 Å². The molecule has 0 bridgehead atoms. The topological polar surface area (TPSA) is 36.9 Å². The van der Waals surface area contributed by atoms with Crippen molar-refractivity contribution in [2.75, 3.05) is 19.6 Å². The van der Waals surface area contributed by atoms with Gasteiger partial charge < -0.3 is 9.47 Å². The highest BCUT2D eigenvalue weighted by atomic mass is 32.1. The lowest BCUT2D eigenvalue weighted by Gasteiger charge is -2.32. The quantitative estimate of drug-likeness (QED) is 0.839. The van der Waals surface area contributed by atoms with E-state index < -0.39 is 0 Å². The molecule has 1 N–H and O–H groups in total. The van der Waals surface area contributed by atoms with Gasteiger partial charge >= 0.3 is 0 Å². The van der Waals surface area contributed by atoms with Gasteiger partial charge in [0.05, 0.1) is 0 Å². The predicted molar refractivity (Wildman–Crippen MR) is 71.8 cm³/mol. The van der Waals surface area contributed by atoms with Crippen molar-refractivity contribution < 1.29 is 0 Å². The highest BCUT2D eigenvalue weighted by Crippen LogP contribution is 2.24. The summed E-state index contributed by atoms with van der Waals surface area (Å²) in [5, 5.41) is 7.22. The van der Waals surface area contributed by atoms with Crippen molar-refractivity contribution in [2.45, 2.75) is 45.6 Å². The van der Waals surface area contributed by atoms with E-state index in [2.05, 4.69) is 33.5 Å². The lowest BCUT2D eigenvalue weighted by Crippen LogP contribution is -2.35. The summed E-state index contributed by atoms with van der Waals surface area (Å²) >= 11 is 5.33. The van der Waals surface area contributed by atoms with Gasteiger partial charge in [-0.3, -0.25) is 5.10 Å². The number of rotatable bonds is 4. The van der Waals surface area contributed by atoms with Crippen molar-refractivity contribution in [3.8, 4) is 0 Å². The highest BCUT2D eigenvalue weighted by Gasteiger charge is 2.22. The van der Waals surface area contributed by atoms with Gasteiger partial charge in [-0.25, -0.2) is 0 Å². The molecule has 1 aliphatic heterocycles. The molecule has 1 aliphatic rings. The number of aromatic amines is 1. The minimum absolute atomic E-state index is 0.546. The van der Waals surface area contributed by atoms with E-state index in [1.165, 1.54) is 38.9 Å². The van der Waals surface area contributed by atoms with Gasteiger partial charge in [0, 0.05) is 25.6 Å². The Labute approximate surface area is 108 Å². The molecule has 1 aromatic heterocycles. The van der Waals surface area contributed by atoms with Crippen molar-refractivity contribution in [1.82, 2.24) is 19.7 Å². The largest absolute Gasteiger partial charge is 0.303 e. The summed E-state index contributed by atoms with van der Waals surface area (Å²) in [7, 11) is 0. The van der Waals surface area contributed by atoms with Crippen molar-refractivity contribution >= 4 is 12.2 Å². The zero-order valence-corrected chi connectivity index (χ0v) is 11.6. The molecule has 1 fully saturated rings. The number of hydrogen-bond donors (Lipinski definition) is 1. The van der Waals surface area contributed by atoms with E-state index in [9.17, 15) is 0 Å². The van der Waals surface area contributed by atoms with Crippen molar-refractivity contribution in [3.05, 3.63) is 10.6 Å². The van der Waals surface area contributed by atoms with Gasteiger partial charge in [-0.05, 0) is 38.0 Å². The van der Waals surface area contributed by atoms with Gasteiger partial charge in [-0.1, -0.05) is 13.8 Å². The Hall–Kier alpha value is -0.680. The number of nitrogens with zero attached hydrogens (tertiary/aromatic N) is 3. The zero-order valence-electron chi connectivity index (χ0n) is 10.8. The Balaban J connectivity index is 2.05. The number of piperidine rings is 1. The molecule has 0 aromatic carbocycles. The van der Waals surface area contributed by atoms with Gasteiger partial charge in [0.15, 0.2) is 4.77 Å². The Morgan fingerprint density at radius 1 is 1.35 bits per heavy atom. The summed E-state index contributed by atoms with van der Waals surface area (Å²) in [6.07, 6.45) is 4.58. The maximum absolute atomic E-state index is 5.33. The van der Waals surface area contributed by atoms with Gasteiger partial charge in [0.2, 0.25) is 0 Å². The molecule has 0 radical (unpaired) electrons. The van der Waals surface area contributed by atoms with Crippen LogP contribution in [0.1, 0.15) is 45.0 Å². The van der Waals surface area contributed by atoms with Crippen LogP contribution in [0.4, 0.5) is 0 Å². The molecule has 96 valence electrons. The van der Waals surface area contributed by atoms with E-state index in [0.717, 1.165) is 17.0 Å². The minimum atomic E-state index is 0.546. The zero-order chi connectivity index (χ0) is 12.3. The Bertz CT molecular complexity index is 401. The lowest BCUT2D eigenvalue weighted by atomic mass is 10.0. The smallest absolute Gasteiger partial charge is 0.195 e. The highest BCUT2D eigenvalue weighted by molar-refractivity contribution is 7.71. The molecular weight excluding hydrogens is 232 g/mol. The van der Waals surface area contributed by atoms with Crippen LogP contribution in [0.15, 0.2) is 0 Å². The van der Waals surface area contributed by atoms with Gasteiger partial charge in [-0.2, -0.15) is 5.10 Å². The summed E-state index contributed by atoms with van der Waals surface area (Å²) in [5.74, 6) is 1.10. The molecule has 0 spiro atoms. The number of hydrogen-bond acceptors (Lipinski definition) is 3. The maximum Gasteiger partial charge on any atom is 0.195 e. The van der Waals surface area contributed by atoms with Crippen molar-refractivity contribution in [1.29, 1.82) is 0 Å². The molecule has 4 nitrogen and oxygen atoms in total. The van der Waals surface area contributed by atoms with Crippen LogP contribution >= 0.6 is 12.2 Å². The Morgan fingerprint density at radius 2 is 2.06 bits per heavy atom. The van der Waals surface area contributed by atoms with Crippen LogP contribution in [-0.2, 0) is 6.42 Å². The normalized spacial score (nSPS) is 18.7. The van der Waals surface area contributed by atoms with E-state index in [1.807, 2.05) is 0 Å². The third kappa shape index (κ3) is 2.77. The molecule has 0 amide bonds. The van der Waals surface area contributed by atoms with Crippen LogP contribution in [0.3, 0.4) is 0 Å². The molecule has 0 saturated carbocycles. The third-order valence-corrected chi connectivity index (χ3v) is 3.84. The number of nitrogens with one attached hydrogen (secondary N) is 1. The third-order valence-electron chi connectivity index (χ3n) is 3.56. The van der Waals surface area contributed by atoms with E-state index in [1.54, 1.807) is 0 Å². The second-order valence-electron chi connectivity index (χ2n) is 4.74. The first-order valence-electron chi connectivity index (χ1n) is 6.64. The number of likely N-dealkylation sites (tertiary alicyclic amines) is 1. The average molecular weight is 254 g/mol. The SMILES string of the molecule is CCCN1CCC(n2c(CC)n[nH]c2=S)CC1. The molecule has 0 unspecified atom stereocenters. The molecule has 0 atom stereocenters. The van der Waals surface area contributed by atoms with Crippen LogP contribution in [0.5, 0.6) is 0 Å². The summed E-state index contributed by atoms with van der Waals surface area (Å²) in [6.45, 7) is 7.98. The van der Waals surface area contributed by atoms with E-state index in [4.69, 9.17) is 12.2 Å². The molecule has 17 heavy (non-hydrogen) atoms. The Kier molecular flexibility index (Phi) is 4.34. The second-order valence-corrected chi connectivity index (χ2v) is 5.13. The lowest BCUT2D eigenvalue weighted by molar-refractivity contribution is 0.184. The summed E-state index contributed by atoms with van der Waals surface area (Å²) < 4.78 is 3.02. The first kappa shape index (κ1) is 12.8. The summed E-state index contributed by atoms with van der Waals surface area (Å²) in [5.41, 5.74) is 0. The minimum Gasteiger partial charge on any atom is -0.303 e. The predicted octanol–water partition coefficient (Wildman–Crippen LogP) is 2.55. The first-order valence-corrected chi connectivity index (χ1v) is 7.05. The molecule has 1 saturated heterocycles. The molecule has 0 aliphatic carbocycles. The molecule has 1 aromatic rings. The fourth-order valence-electron chi connectivity index (χ4n) is 2.68. The van der Waals surface area contributed by atoms with Crippen LogP contribution in [-0.4, -0.2) is 39.3 Å². The molecule has 2 heterocycles. The molecule has 2 rings (SSSR count).